The number of ether oxygens (including phenoxy) is 1. The molecule has 0 saturated carbocycles. The van der Waals surface area contributed by atoms with Gasteiger partial charge in [0.25, 0.3) is 0 Å². The molecule has 5 nitrogen and oxygen atoms in total. The van der Waals surface area contributed by atoms with Crippen molar-refractivity contribution in [3.8, 4) is 0 Å². The summed E-state index contributed by atoms with van der Waals surface area (Å²) in [5.41, 5.74) is 1.89. The number of carbonyl (C=O) groups excluding carboxylic acids is 1. The average Bonchev–Trinajstić information content (AvgIpc) is 2.39. The van der Waals surface area contributed by atoms with E-state index in [0.717, 1.165) is 16.6 Å². The Labute approximate surface area is 125 Å². The summed E-state index contributed by atoms with van der Waals surface area (Å²) in [6.45, 7) is 6.13. The van der Waals surface area contributed by atoms with Gasteiger partial charge in [-0.2, -0.15) is 0 Å². The molecule has 0 aliphatic carbocycles. The molecular weight excluding hydrogens is 322 g/mol. The Morgan fingerprint density at radius 3 is 2.80 bits per heavy atom. The lowest BCUT2D eigenvalue weighted by molar-refractivity contribution is 0.0527. The van der Waals surface area contributed by atoms with Crippen molar-refractivity contribution >= 4 is 38.5 Å². The van der Waals surface area contributed by atoms with Gasteiger partial charge in [-0.3, -0.25) is 4.98 Å². The van der Waals surface area contributed by atoms with Crippen LogP contribution in [0.4, 0.5) is 5.69 Å². The molecule has 1 N–H and O–H groups in total. The lowest BCUT2D eigenvalue weighted by Gasteiger charge is -2.16. The zero-order valence-corrected chi connectivity index (χ0v) is 13.2. The van der Waals surface area contributed by atoms with Gasteiger partial charge in [0.05, 0.1) is 24.0 Å². The molecule has 0 fully saturated rings. The van der Waals surface area contributed by atoms with Crippen molar-refractivity contribution in [2.45, 2.75) is 26.8 Å². The Bertz CT molecular complexity index is 644. The molecule has 0 bridgehead atoms. The fraction of sp³-hybridized carbons (Fsp3) is 0.357. The standard InChI is InChI=1S/C14H16BrN3O2/c1-4-20-14(19)10-6-16-11-7-17-12(15)5-9(11)13(10)18-8(2)3/h5-8H,4H2,1-3H3,(H,16,18). The number of carbonyl (C=O) groups is 1. The quantitative estimate of drug-likeness (QED) is 0.684. The first-order valence-corrected chi connectivity index (χ1v) is 7.20. The first-order valence-electron chi connectivity index (χ1n) is 6.40. The van der Waals surface area contributed by atoms with E-state index in [9.17, 15) is 4.79 Å². The van der Waals surface area contributed by atoms with Crippen LogP contribution in [0.25, 0.3) is 10.9 Å². The number of anilines is 1. The van der Waals surface area contributed by atoms with Crippen molar-refractivity contribution in [1.82, 2.24) is 9.97 Å². The maximum atomic E-state index is 12.0. The van der Waals surface area contributed by atoms with E-state index < -0.39 is 0 Å². The summed E-state index contributed by atoms with van der Waals surface area (Å²) in [7, 11) is 0. The van der Waals surface area contributed by atoms with Crippen LogP contribution in [0.3, 0.4) is 0 Å². The van der Waals surface area contributed by atoms with Crippen molar-refractivity contribution in [3.05, 3.63) is 28.6 Å². The zero-order chi connectivity index (χ0) is 14.7. The molecule has 0 amide bonds. The molecule has 20 heavy (non-hydrogen) atoms. The van der Waals surface area contributed by atoms with Crippen molar-refractivity contribution < 1.29 is 9.53 Å². The minimum absolute atomic E-state index is 0.181. The van der Waals surface area contributed by atoms with E-state index >= 15 is 0 Å². The van der Waals surface area contributed by atoms with E-state index in [4.69, 9.17) is 4.74 Å². The monoisotopic (exact) mass is 337 g/mol. The van der Waals surface area contributed by atoms with Gasteiger partial charge in [0, 0.05) is 17.6 Å². The van der Waals surface area contributed by atoms with Crippen molar-refractivity contribution in [1.29, 1.82) is 0 Å². The Kier molecular flexibility index (Phi) is 4.54. The van der Waals surface area contributed by atoms with Crippen LogP contribution in [0.15, 0.2) is 23.1 Å². The van der Waals surface area contributed by atoms with Crippen LogP contribution in [-0.4, -0.2) is 28.6 Å². The molecule has 0 saturated heterocycles. The second-order valence-electron chi connectivity index (χ2n) is 4.59. The molecule has 0 aliphatic heterocycles. The van der Waals surface area contributed by atoms with Crippen molar-refractivity contribution in [2.75, 3.05) is 11.9 Å². The van der Waals surface area contributed by atoms with Crippen LogP contribution >= 0.6 is 15.9 Å². The second kappa shape index (κ2) is 6.17. The summed E-state index contributed by atoms with van der Waals surface area (Å²) in [6, 6.07) is 2.02. The molecule has 106 valence electrons. The predicted octanol–water partition coefficient (Wildman–Crippen LogP) is 3.39. The van der Waals surface area contributed by atoms with E-state index in [1.165, 1.54) is 6.20 Å². The number of rotatable bonds is 4. The first-order chi connectivity index (χ1) is 9.52. The highest BCUT2D eigenvalue weighted by molar-refractivity contribution is 9.10. The summed E-state index contributed by atoms with van der Waals surface area (Å²) in [5, 5.41) is 4.13. The third kappa shape index (κ3) is 3.07. The molecule has 6 heteroatoms. The Hall–Kier alpha value is -1.69. The van der Waals surface area contributed by atoms with E-state index in [1.807, 2.05) is 19.9 Å². The van der Waals surface area contributed by atoms with Crippen LogP contribution in [-0.2, 0) is 4.74 Å². The summed E-state index contributed by atoms with van der Waals surface area (Å²) in [6.07, 6.45) is 3.19. The zero-order valence-electron chi connectivity index (χ0n) is 11.6. The first kappa shape index (κ1) is 14.7. The smallest absolute Gasteiger partial charge is 0.341 e. The summed E-state index contributed by atoms with van der Waals surface area (Å²) < 4.78 is 5.78. The van der Waals surface area contributed by atoms with Gasteiger partial charge >= 0.3 is 5.97 Å². The predicted molar refractivity (Wildman–Crippen MR) is 82.0 cm³/mol. The van der Waals surface area contributed by atoms with Crippen LogP contribution in [0.2, 0.25) is 0 Å². The largest absolute Gasteiger partial charge is 0.462 e. The number of nitrogens with zero attached hydrogens (tertiary/aromatic N) is 2. The Morgan fingerprint density at radius 1 is 1.40 bits per heavy atom. The van der Waals surface area contributed by atoms with Crippen molar-refractivity contribution in [2.24, 2.45) is 0 Å². The van der Waals surface area contributed by atoms with Gasteiger partial charge in [0.2, 0.25) is 0 Å². The van der Waals surface area contributed by atoms with Crippen LogP contribution in [0.1, 0.15) is 31.1 Å². The molecule has 2 rings (SSSR count). The minimum atomic E-state index is -0.377. The molecule has 2 aromatic rings. The molecule has 0 aliphatic rings. The highest BCUT2D eigenvalue weighted by Crippen LogP contribution is 2.28. The summed E-state index contributed by atoms with van der Waals surface area (Å²) in [4.78, 5) is 20.5. The van der Waals surface area contributed by atoms with Crippen LogP contribution < -0.4 is 5.32 Å². The van der Waals surface area contributed by atoms with Gasteiger partial charge in [0.1, 0.15) is 10.2 Å². The minimum Gasteiger partial charge on any atom is -0.462 e. The Balaban J connectivity index is 2.64. The van der Waals surface area contributed by atoms with Gasteiger partial charge in [-0.15, -0.1) is 0 Å². The van der Waals surface area contributed by atoms with E-state index in [1.54, 1.807) is 13.1 Å². The molecular formula is C14H16BrN3O2. The lowest BCUT2D eigenvalue weighted by atomic mass is 10.1. The van der Waals surface area contributed by atoms with E-state index in [-0.39, 0.29) is 12.0 Å². The normalized spacial score (nSPS) is 10.8. The molecule has 0 atom stereocenters. The molecule has 0 unspecified atom stereocenters. The fourth-order valence-corrected chi connectivity index (χ4v) is 2.21. The fourth-order valence-electron chi connectivity index (χ4n) is 1.88. The number of hydrogen-bond acceptors (Lipinski definition) is 5. The SMILES string of the molecule is CCOC(=O)c1cnc2cnc(Br)cc2c1NC(C)C. The van der Waals surface area contributed by atoms with Crippen LogP contribution in [0.5, 0.6) is 0 Å². The highest BCUT2D eigenvalue weighted by Gasteiger charge is 2.17. The number of halogens is 1. The lowest BCUT2D eigenvalue weighted by Crippen LogP contribution is -2.16. The summed E-state index contributed by atoms with van der Waals surface area (Å²) >= 11 is 3.34. The van der Waals surface area contributed by atoms with Crippen molar-refractivity contribution in [3.63, 3.8) is 0 Å². The summed E-state index contributed by atoms with van der Waals surface area (Å²) in [5.74, 6) is -0.377. The van der Waals surface area contributed by atoms with Gasteiger partial charge in [-0.1, -0.05) is 0 Å². The van der Waals surface area contributed by atoms with Crippen LogP contribution in [0, 0.1) is 0 Å². The number of fused-ring (bicyclic) bond motifs is 1. The van der Waals surface area contributed by atoms with E-state index in [0.29, 0.717) is 16.8 Å². The number of esters is 1. The van der Waals surface area contributed by atoms with Gasteiger partial charge < -0.3 is 10.1 Å². The molecule has 2 aromatic heterocycles. The number of pyridine rings is 2. The maximum Gasteiger partial charge on any atom is 0.341 e. The Morgan fingerprint density at radius 2 is 2.15 bits per heavy atom. The molecule has 0 aromatic carbocycles. The average molecular weight is 338 g/mol. The highest BCUT2D eigenvalue weighted by atomic mass is 79.9. The third-order valence-corrected chi connectivity index (χ3v) is 3.08. The number of hydrogen-bond donors (Lipinski definition) is 1. The van der Waals surface area contributed by atoms with Gasteiger partial charge in [-0.05, 0) is 42.8 Å². The molecule has 0 radical (unpaired) electrons. The van der Waals surface area contributed by atoms with Gasteiger partial charge in [-0.25, -0.2) is 9.78 Å². The van der Waals surface area contributed by atoms with Gasteiger partial charge in [0.15, 0.2) is 0 Å². The second-order valence-corrected chi connectivity index (χ2v) is 5.40. The molecule has 0 spiro atoms. The number of aromatic nitrogens is 2. The third-order valence-electron chi connectivity index (χ3n) is 2.65. The van der Waals surface area contributed by atoms with E-state index in [2.05, 4.69) is 31.2 Å². The molecule has 2 heterocycles. The topological polar surface area (TPSA) is 64.1 Å². The number of nitrogens with one attached hydrogen (secondary N) is 1. The maximum absolute atomic E-state index is 12.0.